The van der Waals surface area contributed by atoms with E-state index in [1.165, 1.54) is 6.07 Å². The summed E-state index contributed by atoms with van der Waals surface area (Å²) >= 11 is 3.17. The van der Waals surface area contributed by atoms with Crippen LogP contribution in [0.3, 0.4) is 0 Å². The molecule has 0 saturated carbocycles. The molecule has 0 radical (unpaired) electrons. The van der Waals surface area contributed by atoms with Gasteiger partial charge in [-0.15, -0.1) is 0 Å². The summed E-state index contributed by atoms with van der Waals surface area (Å²) in [4.78, 5) is 18.5. The number of rotatable bonds is 2. The van der Waals surface area contributed by atoms with Gasteiger partial charge in [-0.25, -0.2) is 4.39 Å². The number of carbonyl (C=O) groups is 1. The summed E-state index contributed by atoms with van der Waals surface area (Å²) in [5.74, 6) is -0.554. The number of hydrogen-bond donors (Lipinski definition) is 0. The highest BCUT2D eigenvalue weighted by Crippen LogP contribution is 2.34. The van der Waals surface area contributed by atoms with E-state index in [-0.39, 0.29) is 16.4 Å². The van der Waals surface area contributed by atoms with Crippen molar-refractivity contribution in [3.63, 3.8) is 0 Å². The number of pyridine rings is 1. The summed E-state index contributed by atoms with van der Waals surface area (Å²) in [6, 6.07) is 8.44. The molecule has 1 aromatic heterocycles. The molecule has 1 aromatic carbocycles. The first-order valence-electron chi connectivity index (χ1n) is 6.83. The van der Waals surface area contributed by atoms with Crippen molar-refractivity contribution in [2.45, 2.75) is 18.9 Å². The summed E-state index contributed by atoms with van der Waals surface area (Å²) < 4.78 is 13.9. The molecule has 1 amide bonds. The molecule has 0 N–H and O–H groups in total. The number of halogens is 2. The summed E-state index contributed by atoms with van der Waals surface area (Å²) in [6.45, 7) is 0.689. The Kier molecular flexibility index (Phi) is 4.01. The Labute approximate surface area is 130 Å². The van der Waals surface area contributed by atoms with Gasteiger partial charge in [0.2, 0.25) is 0 Å². The SMILES string of the molecule is O=C(c1cccc(F)c1Br)N1CCCC1c1ccncc1. The standard InChI is InChI=1S/C16H14BrFN2O/c17-15-12(3-1-4-13(15)18)16(21)20-10-2-5-14(20)11-6-8-19-9-7-11/h1,3-4,6-9,14H,2,5,10H2. The molecular formula is C16H14BrFN2O. The third-order valence-corrected chi connectivity index (χ3v) is 4.59. The maximum Gasteiger partial charge on any atom is 0.255 e. The van der Waals surface area contributed by atoms with Gasteiger partial charge in [0.1, 0.15) is 5.82 Å². The average Bonchev–Trinajstić information content (AvgIpc) is 3.00. The Morgan fingerprint density at radius 1 is 1.29 bits per heavy atom. The summed E-state index contributed by atoms with van der Waals surface area (Å²) in [5.41, 5.74) is 1.44. The lowest BCUT2D eigenvalue weighted by molar-refractivity contribution is 0.0734. The third kappa shape index (κ3) is 2.70. The van der Waals surface area contributed by atoms with Gasteiger partial charge >= 0.3 is 0 Å². The van der Waals surface area contributed by atoms with Crippen molar-refractivity contribution in [2.75, 3.05) is 6.54 Å². The Bertz CT molecular complexity index is 663. The molecule has 0 aliphatic carbocycles. The Hall–Kier alpha value is -1.75. The zero-order valence-electron chi connectivity index (χ0n) is 11.3. The van der Waals surface area contributed by atoms with Gasteiger partial charge < -0.3 is 4.90 Å². The zero-order chi connectivity index (χ0) is 14.8. The lowest BCUT2D eigenvalue weighted by Gasteiger charge is -2.25. The first-order valence-corrected chi connectivity index (χ1v) is 7.62. The van der Waals surface area contributed by atoms with Crippen molar-refractivity contribution in [1.29, 1.82) is 0 Å². The van der Waals surface area contributed by atoms with Crippen LogP contribution in [-0.4, -0.2) is 22.3 Å². The van der Waals surface area contributed by atoms with Crippen molar-refractivity contribution in [3.8, 4) is 0 Å². The minimum Gasteiger partial charge on any atom is -0.332 e. The van der Waals surface area contributed by atoms with Crippen LogP contribution in [0.25, 0.3) is 0 Å². The molecule has 0 spiro atoms. The molecule has 0 bridgehead atoms. The third-order valence-electron chi connectivity index (χ3n) is 3.79. The highest BCUT2D eigenvalue weighted by Gasteiger charge is 2.31. The molecule has 1 aliphatic rings. The molecule has 1 saturated heterocycles. The molecular weight excluding hydrogens is 335 g/mol. The van der Waals surface area contributed by atoms with Gasteiger partial charge in [0.05, 0.1) is 16.1 Å². The van der Waals surface area contributed by atoms with Crippen molar-refractivity contribution in [3.05, 3.63) is 64.1 Å². The molecule has 1 unspecified atom stereocenters. The lowest BCUT2D eigenvalue weighted by atomic mass is 10.1. The molecule has 2 aromatic rings. The van der Waals surface area contributed by atoms with Gasteiger partial charge in [-0.3, -0.25) is 9.78 Å². The van der Waals surface area contributed by atoms with E-state index >= 15 is 0 Å². The van der Waals surface area contributed by atoms with Gasteiger partial charge in [-0.1, -0.05) is 6.07 Å². The van der Waals surface area contributed by atoms with Gasteiger partial charge in [0.15, 0.2) is 0 Å². The molecule has 5 heteroatoms. The molecule has 1 fully saturated rings. The van der Waals surface area contributed by atoms with Crippen LogP contribution in [0, 0.1) is 5.82 Å². The van der Waals surface area contributed by atoms with E-state index in [4.69, 9.17) is 0 Å². The van der Waals surface area contributed by atoms with Gasteiger partial charge in [0.25, 0.3) is 5.91 Å². The predicted octanol–water partition coefficient (Wildman–Crippen LogP) is 3.96. The Morgan fingerprint density at radius 2 is 2.05 bits per heavy atom. The van der Waals surface area contributed by atoms with Crippen LogP contribution >= 0.6 is 15.9 Å². The Morgan fingerprint density at radius 3 is 2.81 bits per heavy atom. The smallest absolute Gasteiger partial charge is 0.255 e. The van der Waals surface area contributed by atoms with E-state index in [1.54, 1.807) is 24.5 Å². The van der Waals surface area contributed by atoms with Gasteiger partial charge in [-0.05, 0) is 58.6 Å². The normalized spacial score (nSPS) is 18.0. The number of nitrogens with zero attached hydrogens (tertiary/aromatic N) is 2. The predicted molar refractivity (Wildman–Crippen MR) is 81.3 cm³/mol. The molecule has 3 rings (SSSR count). The fourth-order valence-corrected chi connectivity index (χ4v) is 3.20. The second kappa shape index (κ2) is 5.93. The number of aromatic nitrogens is 1. The quantitative estimate of drug-likeness (QED) is 0.822. The van der Waals surface area contributed by atoms with E-state index in [1.807, 2.05) is 17.0 Å². The highest BCUT2D eigenvalue weighted by atomic mass is 79.9. The second-order valence-electron chi connectivity index (χ2n) is 5.04. The van der Waals surface area contributed by atoms with E-state index in [2.05, 4.69) is 20.9 Å². The van der Waals surface area contributed by atoms with Crippen LogP contribution in [0.15, 0.2) is 47.2 Å². The minimum atomic E-state index is -0.416. The highest BCUT2D eigenvalue weighted by molar-refractivity contribution is 9.10. The lowest BCUT2D eigenvalue weighted by Crippen LogP contribution is -2.31. The van der Waals surface area contributed by atoms with Crippen LogP contribution in [0.4, 0.5) is 4.39 Å². The molecule has 3 nitrogen and oxygen atoms in total. The van der Waals surface area contributed by atoms with Crippen LogP contribution in [0.2, 0.25) is 0 Å². The van der Waals surface area contributed by atoms with Gasteiger partial charge in [-0.2, -0.15) is 0 Å². The van der Waals surface area contributed by atoms with Crippen molar-refractivity contribution < 1.29 is 9.18 Å². The van der Waals surface area contributed by atoms with Crippen molar-refractivity contribution in [1.82, 2.24) is 9.88 Å². The van der Waals surface area contributed by atoms with Crippen molar-refractivity contribution >= 4 is 21.8 Å². The minimum absolute atomic E-state index is 0.0377. The zero-order valence-corrected chi connectivity index (χ0v) is 12.9. The first-order chi connectivity index (χ1) is 10.2. The number of likely N-dealkylation sites (tertiary alicyclic amines) is 1. The number of benzene rings is 1. The summed E-state index contributed by atoms with van der Waals surface area (Å²) in [7, 11) is 0. The van der Waals surface area contributed by atoms with E-state index < -0.39 is 5.82 Å². The maximum atomic E-state index is 13.6. The van der Waals surface area contributed by atoms with Crippen molar-refractivity contribution in [2.24, 2.45) is 0 Å². The molecule has 1 atom stereocenters. The van der Waals surface area contributed by atoms with E-state index in [0.717, 1.165) is 18.4 Å². The van der Waals surface area contributed by atoms with E-state index in [0.29, 0.717) is 12.1 Å². The second-order valence-corrected chi connectivity index (χ2v) is 5.83. The topological polar surface area (TPSA) is 33.2 Å². The van der Waals surface area contributed by atoms with E-state index in [9.17, 15) is 9.18 Å². The van der Waals surface area contributed by atoms with Crippen LogP contribution in [0.1, 0.15) is 34.8 Å². The maximum absolute atomic E-state index is 13.6. The summed E-state index contributed by atoms with van der Waals surface area (Å²) in [5, 5.41) is 0. The van der Waals surface area contributed by atoms with Crippen LogP contribution in [-0.2, 0) is 0 Å². The number of carbonyl (C=O) groups excluding carboxylic acids is 1. The molecule has 21 heavy (non-hydrogen) atoms. The fraction of sp³-hybridized carbons (Fsp3) is 0.250. The number of hydrogen-bond acceptors (Lipinski definition) is 2. The summed E-state index contributed by atoms with van der Waals surface area (Å²) in [6.07, 6.45) is 5.33. The average molecular weight is 349 g/mol. The number of amides is 1. The molecule has 2 heterocycles. The Balaban J connectivity index is 1.92. The monoisotopic (exact) mass is 348 g/mol. The molecule has 1 aliphatic heterocycles. The first kappa shape index (κ1) is 14.2. The van der Waals surface area contributed by atoms with Crippen LogP contribution < -0.4 is 0 Å². The van der Waals surface area contributed by atoms with Crippen LogP contribution in [0.5, 0.6) is 0 Å². The largest absolute Gasteiger partial charge is 0.332 e. The fourth-order valence-electron chi connectivity index (χ4n) is 2.77. The van der Waals surface area contributed by atoms with Gasteiger partial charge in [0, 0.05) is 18.9 Å². The molecule has 108 valence electrons.